The van der Waals surface area contributed by atoms with Crippen molar-refractivity contribution in [3.8, 4) is 0 Å². The van der Waals surface area contributed by atoms with Crippen molar-refractivity contribution in [1.29, 1.82) is 0 Å². The number of amides is 1. The number of hydrogen-bond acceptors (Lipinski definition) is 3. The van der Waals surface area contributed by atoms with Crippen LogP contribution in [0.1, 0.15) is 75.2 Å². The summed E-state index contributed by atoms with van der Waals surface area (Å²) in [5.41, 5.74) is 3.40. The Balaban J connectivity index is 1.52. The minimum Gasteiger partial charge on any atom is -0.320 e. The number of carbonyl (C=O) groups is 1. The Morgan fingerprint density at radius 2 is 1.69 bits per heavy atom. The summed E-state index contributed by atoms with van der Waals surface area (Å²) in [5.74, 6) is 0.665. The minimum atomic E-state index is 0.212. The van der Waals surface area contributed by atoms with Crippen LogP contribution in [0, 0.1) is 13.8 Å². The number of anilines is 1. The number of imidazole rings is 1. The maximum Gasteiger partial charge on any atom is 0.237 e. The summed E-state index contributed by atoms with van der Waals surface area (Å²) in [7, 11) is 0. The van der Waals surface area contributed by atoms with Gasteiger partial charge in [-0.3, -0.25) is 4.79 Å². The zero-order valence-corrected chi connectivity index (χ0v) is 18.6. The third-order valence-corrected chi connectivity index (χ3v) is 7.55. The molecule has 0 spiro atoms. The normalized spacial score (nSPS) is 18.3. The highest BCUT2D eigenvalue weighted by Crippen LogP contribution is 2.36. The smallest absolute Gasteiger partial charge is 0.237 e. The summed E-state index contributed by atoms with van der Waals surface area (Å²) in [6, 6.07) is 11.1. The van der Waals surface area contributed by atoms with Crippen LogP contribution in [0.4, 0.5) is 5.69 Å². The Bertz CT molecular complexity index is 820. The number of aromatic nitrogens is 2. The number of nitrogens with zero attached hydrogens (tertiary/aromatic N) is 3. The molecular formula is C24H33N3OS. The summed E-state index contributed by atoms with van der Waals surface area (Å²) in [4.78, 5) is 20.3. The zero-order chi connectivity index (χ0) is 20.2. The van der Waals surface area contributed by atoms with Gasteiger partial charge in [-0.2, -0.15) is 0 Å². The number of carbonyl (C=O) groups excluding carboxylic acids is 1. The first-order valence-corrected chi connectivity index (χ1v) is 12.2. The second-order valence-corrected chi connectivity index (χ2v) is 9.50. The molecule has 1 heterocycles. The molecule has 0 unspecified atom stereocenters. The van der Waals surface area contributed by atoms with Crippen molar-refractivity contribution in [2.45, 2.75) is 88.9 Å². The van der Waals surface area contributed by atoms with Gasteiger partial charge in [0.25, 0.3) is 0 Å². The molecule has 2 aliphatic rings. The third kappa shape index (κ3) is 4.55. The Kier molecular flexibility index (Phi) is 6.63. The summed E-state index contributed by atoms with van der Waals surface area (Å²) >= 11 is 1.62. The first-order chi connectivity index (χ1) is 14.1. The standard InChI is InChI=1S/C24H33N3OS/c1-18-19(2)26(20-15-9-10-16-20)24(25-18)29-17-23(28)27(21-11-5-3-6-12-21)22-13-7-4-8-14-22/h3,5-6,11-12,20,22H,4,7-10,13-17H2,1-2H3. The molecule has 2 saturated carbocycles. The third-order valence-electron chi connectivity index (χ3n) is 6.61. The van der Waals surface area contributed by atoms with Gasteiger partial charge in [0.2, 0.25) is 5.91 Å². The van der Waals surface area contributed by atoms with Crippen molar-refractivity contribution >= 4 is 23.4 Å². The van der Waals surface area contributed by atoms with Crippen molar-refractivity contribution in [2.75, 3.05) is 10.7 Å². The average molecular weight is 412 g/mol. The monoisotopic (exact) mass is 411 g/mol. The van der Waals surface area contributed by atoms with Gasteiger partial charge in [0.05, 0.1) is 11.4 Å². The van der Waals surface area contributed by atoms with Gasteiger partial charge < -0.3 is 9.47 Å². The van der Waals surface area contributed by atoms with E-state index in [0.29, 0.717) is 17.8 Å². The van der Waals surface area contributed by atoms with Crippen molar-refractivity contribution in [3.63, 3.8) is 0 Å². The van der Waals surface area contributed by atoms with E-state index in [9.17, 15) is 4.79 Å². The lowest BCUT2D eigenvalue weighted by Gasteiger charge is -2.34. The van der Waals surface area contributed by atoms with Gasteiger partial charge in [-0.1, -0.05) is 62.1 Å². The number of rotatable bonds is 6. The van der Waals surface area contributed by atoms with Crippen LogP contribution < -0.4 is 4.90 Å². The number of hydrogen-bond donors (Lipinski definition) is 0. The fourth-order valence-corrected chi connectivity index (χ4v) is 5.99. The van der Waals surface area contributed by atoms with Gasteiger partial charge in [0, 0.05) is 23.5 Å². The Hall–Kier alpha value is -1.75. The maximum atomic E-state index is 13.4. The summed E-state index contributed by atoms with van der Waals surface area (Å²) in [6.45, 7) is 4.26. The fraction of sp³-hybridized carbons (Fsp3) is 0.583. The molecular weight excluding hydrogens is 378 g/mol. The van der Waals surface area contributed by atoms with E-state index in [0.717, 1.165) is 29.4 Å². The topological polar surface area (TPSA) is 38.1 Å². The Labute approximate surface area is 179 Å². The first-order valence-electron chi connectivity index (χ1n) is 11.2. The van der Waals surface area contributed by atoms with Gasteiger partial charge >= 0.3 is 0 Å². The van der Waals surface area contributed by atoms with Crippen LogP contribution in [0.15, 0.2) is 35.5 Å². The van der Waals surface area contributed by atoms with Gasteiger partial charge in [0.15, 0.2) is 5.16 Å². The predicted octanol–water partition coefficient (Wildman–Crippen LogP) is 6.07. The molecule has 5 heteroatoms. The molecule has 156 valence electrons. The van der Waals surface area contributed by atoms with Crippen molar-refractivity contribution in [1.82, 2.24) is 9.55 Å². The molecule has 0 N–H and O–H groups in total. The molecule has 2 aromatic rings. The molecule has 2 fully saturated rings. The van der Waals surface area contributed by atoms with Crippen LogP contribution in [-0.4, -0.2) is 27.3 Å². The van der Waals surface area contributed by atoms with Crippen LogP contribution in [-0.2, 0) is 4.79 Å². The van der Waals surface area contributed by atoms with Gasteiger partial charge in [-0.05, 0) is 51.7 Å². The molecule has 0 aliphatic heterocycles. The van der Waals surface area contributed by atoms with Crippen LogP contribution in [0.2, 0.25) is 0 Å². The van der Waals surface area contributed by atoms with Crippen molar-refractivity contribution in [3.05, 3.63) is 41.7 Å². The molecule has 0 atom stereocenters. The highest BCUT2D eigenvalue weighted by Gasteiger charge is 2.28. The molecule has 0 radical (unpaired) electrons. The van der Waals surface area contributed by atoms with Crippen molar-refractivity contribution in [2.24, 2.45) is 0 Å². The number of thioether (sulfide) groups is 1. The zero-order valence-electron chi connectivity index (χ0n) is 17.8. The van der Waals surface area contributed by atoms with Gasteiger partial charge in [-0.25, -0.2) is 4.98 Å². The second-order valence-electron chi connectivity index (χ2n) is 8.55. The number of para-hydroxylation sites is 1. The highest BCUT2D eigenvalue weighted by atomic mass is 32.2. The van der Waals surface area contributed by atoms with E-state index >= 15 is 0 Å². The lowest BCUT2D eigenvalue weighted by molar-refractivity contribution is -0.116. The SMILES string of the molecule is Cc1nc(SCC(=O)N(c2ccccc2)C2CCCCC2)n(C2CCCC2)c1C. The maximum absolute atomic E-state index is 13.4. The molecule has 1 aromatic carbocycles. The van der Waals surface area contributed by atoms with Gasteiger partial charge in [-0.15, -0.1) is 0 Å². The largest absolute Gasteiger partial charge is 0.320 e. The van der Waals surface area contributed by atoms with E-state index in [1.807, 2.05) is 18.2 Å². The molecule has 1 aromatic heterocycles. The van der Waals surface area contributed by atoms with E-state index in [4.69, 9.17) is 4.98 Å². The Morgan fingerprint density at radius 1 is 1.03 bits per heavy atom. The van der Waals surface area contributed by atoms with Crippen LogP contribution in [0.5, 0.6) is 0 Å². The summed E-state index contributed by atoms with van der Waals surface area (Å²) in [6.07, 6.45) is 11.0. The van der Waals surface area contributed by atoms with Crippen LogP contribution in [0.3, 0.4) is 0 Å². The molecule has 0 bridgehead atoms. The lowest BCUT2D eigenvalue weighted by atomic mass is 9.93. The van der Waals surface area contributed by atoms with E-state index in [1.54, 1.807) is 11.8 Å². The highest BCUT2D eigenvalue weighted by molar-refractivity contribution is 7.99. The summed E-state index contributed by atoms with van der Waals surface area (Å²) < 4.78 is 2.41. The second kappa shape index (κ2) is 9.38. The lowest BCUT2D eigenvalue weighted by Crippen LogP contribution is -2.42. The number of aryl methyl sites for hydroxylation is 1. The minimum absolute atomic E-state index is 0.212. The molecule has 4 rings (SSSR count). The molecule has 2 aliphatic carbocycles. The van der Waals surface area contributed by atoms with Crippen LogP contribution >= 0.6 is 11.8 Å². The number of benzene rings is 1. The van der Waals surface area contributed by atoms with E-state index < -0.39 is 0 Å². The fourth-order valence-electron chi connectivity index (χ4n) is 4.97. The average Bonchev–Trinajstić information content (AvgIpc) is 3.36. The van der Waals surface area contributed by atoms with E-state index in [1.165, 1.54) is 50.6 Å². The Morgan fingerprint density at radius 3 is 2.38 bits per heavy atom. The first kappa shape index (κ1) is 20.5. The van der Waals surface area contributed by atoms with Gasteiger partial charge in [0.1, 0.15) is 0 Å². The molecule has 1 amide bonds. The molecule has 0 saturated heterocycles. The molecule has 4 nitrogen and oxygen atoms in total. The summed E-state index contributed by atoms with van der Waals surface area (Å²) in [5, 5.41) is 1.02. The predicted molar refractivity (Wildman–Crippen MR) is 121 cm³/mol. The molecule has 29 heavy (non-hydrogen) atoms. The van der Waals surface area contributed by atoms with E-state index in [-0.39, 0.29) is 5.91 Å². The van der Waals surface area contributed by atoms with Crippen LogP contribution in [0.25, 0.3) is 0 Å². The quantitative estimate of drug-likeness (QED) is 0.541. The van der Waals surface area contributed by atoms with E-state index in [2.05, 4.69) is 35.4 Å². The van der Waals surface area contributed by atoms with Crippen molar-refractivity contribution < 1.29 is 4.79 Å².